The van der Waals surface area contributed by atoms with Crippen LogP contribution in [0, 0.1) is 0 Å². The number of anilines is 3. The van der Waals surface area contributed by atoms with Gasteiger partial charge in [0.25, 0.3) is 0 Å². The number of halogens is 1. The fourth-order valence-electron chi connectivity index (χ4n) is 5.17. The number of nitrogens with zero attached hydrogens (tertiary/aromatic N) is 3. The van der Waals surface area contributed by atoms with Crippen LogP contribution >= 0.6 is 11.6 Å². The second-order valence-corrected chi connectivity index (χ2v) is 9.70. The van der Waals surface area contributed by atoms with Crippen LogP contribution in [0.5, 0.6) is 5.75 Å². The average Bonchev–Trinajstić information content (AvgIpc) is 3.05. The maximum Gasteiger partial charge on any atom is 0.231 e. The average molecular weight is 490 g/mol. The lowest BCUT2D eigenvalue weighted by molar-refractivity contribution is -0.118. The number of ether oxygens (including phenoxy) is 1. The predicted octanol–water partition coefficient (Wildman–Crippen LogP) is 5.71. The Morgan fingerprint density at radius 3 is 2.46 bits per heavy atom. The van der Waals surface area contributed by atoms with Crippen LogP contribution in [-0.2, 0) is 17.6 Å². The van der Waals surface area contributed by atoms with E-state index in [-0.39, 0.29) is 5.91 Å². The number of carbonyl (C=O) groups is 1. The molecule has 1 fully saturated rings. The molecule has 5 rings (SSSR count). The van der Waals surface area contributed by atoms with E-state index >= 15 is 0 Å². The maximum absolute atomic E-state index is 13.6. The summed E-state index contributed by atoms with van der Waals surface area (Å²) in [5.41, 5.74) is 5.51. The van der Waals surface area contributed by atoms with Gasteiger partial charge in [-0.25, -0.2) is 0 Å². The molecule has 6 heteroatoms. The molecule has 35 heavy (non-hydrogen) atoms. The van der Waals surface area contributed by atoms with Gasteiger partial charge in [-0.2, -0.15) is 0 Å². The highest BCUT2D eigenvalue weighted by atomic mass is 35.5. The molecule has 2 aliphatic rings. The molecule has 3 aromatic carbocycles. The predicted molar refractivity (Wildman–Crippen MR) is 143 cm³/mol. The number of carbonyl (C=O) groups excluding carboxylic acids is 1. The van der Waals surface area contributed by atoms with Crippen molar-refractivity contribution in [3.63, 3.8) is 0 Å². The van der Waals surface area contributed by atoms with Gasteiger partial charge in [0.1, 0.15) is 5.75 Å². The van der Waals surface area contributed by atoms with E-state index in [0.717, 1.165) is 69.1 Å². The molecule has 0 aliphatic carbocycles. The van der Waals surface area contributed by atoms with Gasteiger partial charge >= 0.3 is 0 Å². The van der Waals surface area contributed by atoms with E-state index in [9.17, 15) is 4.79 Å². The van der Waals surface area contributed by atoms with E-state index in [4.69, 9.17) is 16.3 Å². The molecule has 0 spiro atoms. The minimum Gasteiger partial charge on any atom is -0.497 e. The van der Waals surface area contributed by atoms with Crippen LogP contribution in [0.4, 0.5) is 17.1 Å². The van der Waals surface area contributed by atoms with E-state index < -0.39 is 0 Å². The van der Waals surface area contributed by atoms with E-state index in [0.29, 0.717) is 11.4 Å². The summed E-state index contributed by atoms with van der Waals surface area (Å²) in [6.07, 6.45) is 3.18. The van der Waals surface area contributed by atoms with Crippen molar-refractivity contribution in [2.75, 3.05) is 49.6 Å². The standard InChI is InChI=1S/C29H32ClN3O2/c1-35-26-8-4-7-25(21-26)32-18-16-31(17-19-32)15-5-10-29(34)33-27-9-3-2-6-22(27)11-12-23-13-14-24(30)20-28(23)33/h2-4,6-9,13-14,20-21H,5,10-12,15-19H2,1H3. The van der Waals surface area contributed by atoms with Crippen LogP contribution in [0.3, 0.4) is 0 Å². The Kier molecular flexibility index (Phi) is 7.26. The van der Waals surface area contributed by atoms with E-state index in [1.165, 1.54) is 16.8 Å². The highest BCUT2D eigenvalue weighted by Crippen LogP contribution is 2.38. The number of fused-ring (bicyclic) bond motifs is 2. The maximum atomic E-state index is 13.6. The summed E-state index contributed by atoms with van der Waals surface area (Å²) in [6, 6.07) is 22.4. The fourth-order valence-corrected chi connectivity index (χ4v) is 5.33. The molecular formula is C29H32ClN3O2. The van der Waals surface area contributed by atoms with Crippen LogP contribution in [0.15, 0.2) is 66.7 Å². The van der Waals surface area contributed by atoms with Crippen LogP contribution in [0.2, 0.25) is 5.02 Å². The van der Waals surface area contributed by atoms with Gasteiger partial charge < -0.3 is 9.64 Å². The Labute approximate surface area is 212 Å². The number of piperazine rings is 1. The van der Waals surface area contributed by atoms with Gasteiger partial charge in [-0.15, -0.1) is 0 Å². The molecule has 2 heterocycles. The number of para-hydroxylation sites is 1. The lowest BCUT2D eigenvalue weighted by Gasteiger charge is -2.36. The van der Waals surface area contributed by atoms with Crippen molar-refractivity contribution in [3.05, 3.63) is 82.9 Å². The molecule has 0 radical (unpaired) electrons. The van der Waals surface area contributed by atoms with Crippen molar-refractivity contribution in [2.24, 2.45) is 0 Å². The van der Waals surface area contributed by atoms with E-state index in [2.05, 4.69) is 46.2 Å². The number of benzene rings is 3. The van der Waals surface area contributed by atoms with Crippen molar-refractivity contribution in [1.82, 2.24) is 4.90 Å². The summed E-state index contributed by atoms with van der Waals surface area (Å²) < 4.78 is 5.37. The number of methoxy groups -OCH3 is 1. The highest BCUT2D eigenvalue weighted by molar-refractivity contribution is 6.31. The Balaban J connectivity index is 1.21. The quantitative estimate of drug-likeness (QED) is 0.444. The van der Waals surface area contributed by atoms with Gasteiger partial charge in [0.05, 0.1) is 18.5 Å². The number of hydrogen-bond donors (Lipinski definition) is 0. The summed E-state index contributed by atoms with van der Waals surface area (Å²) in [4.78, 5) is 20.3. The molecule has 0 atom stereocenters. The van der Waals surface area contributed by atoms with Gasteiger partial charge in [-0.3, -0.25) is 14.6 Å². The molecule has 1 amide bonds. The zero-order valence-corrected chi connectivity index (χ0v) is 21.0. The monoisotopic (exact) mass is 489 g/mol. The third-order valence-corrected chi connectivity index (χ3v) is 7.32. The van der Waals surface area contributed by atoms with Crippen LogP contribution in [0.1, 0.15) is 24.0 Å². The number of hydrogen-bond acceptors (Lipinski definition) is 4. The first-order valence-corrected chi connectivity index (χ1v) is 12.8. The zero-order chi connectivity index (χ0) is 24.2. The van der Waals surface area contributed by atoms with Gasteiger partial charge in [0.15, 0.2) is 0 Å². The number of aryl methyl sites for hydroxylation is 2. The second kappa shape index (κ2) is 10.7. The minimum atomic E-state index is 0.137. The summed E-state index contributed by atoms with van der Waals surface area (Å²) in [5.74, 6) is 1.03. The number of amides is 1. The van der Waals surface area contributed by atoms with E-state index in [1.807, 2.05) is 35.2 Å². The molecule has 0 bridgehead atoms. The van der Waals surface area contributed by atoms with Gasteiger partial charge in [-0.1, -0.05) is 41.9 Å². The molecule has 182 valence electrons. The van der Waals surface area contributed by atoms with Gasteiger partial charge in [0, 0.05) is 49.4 Å². The van der Waals surface area contributed by atoms with Crippen molar-refractivity contribution in [1.29, 1.82) is 0 Å². The molecule has 0 aromatic heterocycles. The molecule has 5 nitrogen and oxygen atoms in total. The number of rotatable bonds is 6. The highest BCUT2D eigenvalue weighted by Gasteiger charge is 2.26. The summed E-state index contributed by atoms with van der Waals surface area (Å²) in [5, 5.41) is 0.662. The fraction of sp³-hybridized carbons (Fsp3) is 0.345. The molecule has 0 unspecified atom stereocenters. The second-order valence-electron chi connectivity index (χ2n) is 9.26. The van der Waals surface area contributed by atoms with Crippen molar-refractivity contribution < 1.29 is 9.53 Å². The molecule has 3 aromatic rings. The van der Waals surface area contributed by atoms with Crippen LogP contribution in [0.25, 0.3) is 0 Å². The first-order valence-electron chi connectivity index (χ1n) is 12.4. The van der Waals surface area contributed by atoms with Gasteiger partial charge in [-0.05, 0) is 67.3 Å². The van der Waals surface area contributed by atoms with Crippen molar-refractivity contribution in [2.45, 2.75) is 25.7 Å². The summed E-state index contributed by atoms with van der Waals surface area (Å²) in [6.45, 7) is 4.88. The molecule has 2 aliphatic heterocycles. The SMILES string of the molecule is COc1cccc(N2CCN(CCCC(=O)N3c4ccccc4CCc4ccc(Cl)cc43)CC2)c1. The lowest BCUT2D eigenvalue weighted by atomic mass is 10.0. The Hall–Kier alpha value is -3.02. The summed E-state index contributed by atoms with van der Waals surface area (Å²) in [7, 11) is 1.70. The zero-order valence-electron chi connectivity index (χ0n) is 20.3. The minimum absolute atomic E-state index is 0.137. The normalized spacial score (nSPS) is 15.8. The first-order chi connectivity index (χ1) is 17.1. The Bertz CT molecular complexity index is 1190. The van der Waals surface area contributed by atoms with Crippen LogP contribution < -0.4 is 14.5 Å². The Morgan fingerprint density at radius 1 is 0.886 bits per heavy atom. The lowest BCUT2D eigenvalue weighted by Crippen LogP contribution is -2.46. The van der Waals surface area contributed by atoms with Crippen LogP contribution in [-0.4, -0.2) is 50.6 Å². The Morgan fingerprint density at radius 2 is 1.66 bits per heavy atom. The molecule has 1 saturated heterocycles. The third-order valence-electron chi connectivity index (χ3n) is 7.09. The topological polar surface area (TPSA) is 36.0 Å². The third kappa shape index (κ3) is 5.31. The molecule has 0 N–H and O–H groups in total. The smallest absolute Gasteiger partial charge is 0.231 e. The van der Waals surface area contributed by atoms with Crippen molar-refractivity contribution >= 4 is 34.6 Å². The van der Waals surface area contributed by atoms with Gasteiger partial charge in [0.2, 0.25) is 5.91 Å². The first kappa shape index (κ1) is 23.7. The molecule has 0 saturated carbocycles. The summed E-state index contributed by atoms with van der Waals surface area (Å²) >= 11 is 6.35. The van der Waals surface area contributed by atoms with E-state index in [1.54, 1.807) is 7.11 Å². The largest absolute Gasteiger partial charge is 0.497 e. The van der Waals surface area contributed by atoms with Crippen molar-refractivity contribution in [3.8, 4) is 5.75 Å². The molecular weight excluding hydrogens is 458 g/mol.